The fourth-order valence-corrected chi connectivity index (χ4v) is 8.36. The van der Waals surface area contributed by atoms with Gasteiger partial charge in [-0.05, 0) is 18.9 Å². The molecule has 0 aromatic carbocycles. The normalized spacial score (nSPS) is 22.0. The molecule has 1 saturated heterocycles. The number of phosphoric acid groups is 3. The van der Waals surface area contributed by atoms with E-state index in [1.807, 2.05) is 13.0 Å². The summed E-state index contributed by atoms with van der Waals surface area (Å²) in [6.45, 7) is 4.21. The third-order valence-corrected chi connectivity index (χ3v) is 11.9. The van der Waals surface area contributed by atoms with Gasteiger partial charge in [0.1, 0.15) is 36.3 Å². The van der Waals surface area contributed by atoms with Crippen molar-refractivity contribution in [3.8, 4) is 0 Å². The molecule has 1 aliphatic rings. The van der Waals surface area contributed by atoms with Crippen molar-refractivity contribution in [2.75, 3.05) is 37.8 Å². The van der Waals surface area contributed by atoms with Crippen LogP contribution in [0.25, 0.3) is 11.2 Å². The van der Waals surface area contributed by atoms with Gasteiger partial charge in [0.2, 0.25) is 16.9 Å². The number of aliphatic hydroxyl groups excluding tert-OH is 2. The summed E-state index contributed by atoms with van der Waals surface area (Å²) in [7, 11) is -16.4. The molecule has 1 aliphatic heterocycles. The van der Waals surface area contributed by atoms with Crippen LogP contribution in [0, 0.1) is 5.41 Å². The Bertz CT molecular complexity index is 1880. The number of thioether (sulfide) groups is 1. The molecule has 7 unspecified atom stereocenters. The number of hydrogen-bond acceptors (Lipinski definition) is 18. The number of ether oxygens (including phenoxy) is 1. The first-order valence-corrected chi connectivity index (χ1v) is 22.2. The molecule has 56 heavy (non-hydrogen) atoms. The zero-order valence-corrected chi connectivity index (χ0v) is 34.1. The second-order valence-electron chi connectivity index (χ2n) is 12.9. The molecule has 10 N–H and O–H groups in total. The molecule has 2 amide bonds. The molecule has 2 aromatic heterocycles. The molecule has 0 spiro atoms. The van der Waals surface area contributed by atoms with Crippen LogP contribution in [-0.4, -0.2) is 123 Å². The van der Waals surface area contributed by atoms with Crippen LogP contribution in [0.2, 0.25) is 0 Å². The number of unbranched alkanes of at least 4 members (excludes halogenated alkanes) is 1. The minimum Gasteiger partial charge on any atom is -0.386 e. The van der Waals surface area contributed by atoms with Crippen molar-refractivity contribution in [2.45, 2.75) is 77.6 Å². The number of aliphatic hydroxyl groups is 2. The molecule has 0 bridgehead atoms. The van der Waals surface area contributed by atoms with Crippen LogP contribution in [0.3, 0.4) is 0 Å². The second-order valence-corrected chi connectivity index (χ2v) is 18.2. The number of amides is 2. The van der Waals surface area contributed by atoms with Crippen LogP contribution in [-0.2, 0) is 50.7 Å². The third kappa shape index (κ3) is 14.3. The Morgan fingerprint density at radius 3 is 2.43 bits per heavy atom. The summed E-state index contributed by atoms with van der Waals surface area (Å²) in [6.07, 6.45) is -3.36. The minimum atomic E-state index is -5.57. The van der Waals surface area contributed by atoms with Crippen molar-refractivity contribution < 1.29 is 80.5 Å². The maximum Gasteiger partial charge on any atom is 0.481 e. The number of nitrogen functional groups attached to an aromatic ring is 1. The van der Waals surface area contributed by atoms with E-state index in [2.05, 4.69) is 34.4 Å². The highest BCUT2D eigenvalue weighted by atomic mass is 32.2. The zero-order valence-electron chi connectivity index (χ0n) is 30.6. The Hall–Kier alpha value is -2.70. The quantitative estimate of drug-likeness (QED) is 0.0439. The first-order valence-electron chi connectivity index (χ1n) is 16.7. The van der Waals surface area contributed by atoms with Gasteiger partial charge in [-0.2, -0.15) is 4.31 Å². The van der Waals surface area contributed by atoms with Crippen molar-refractivity contribution >= 4 is 69.1 Å². The van der Waals surface area contributed by atoms with E-state index in [1.54, 1.807) is 6.92 Å². The number of phosphoric ester groups is 3. The Morgan fingerprint density at radius 2 is 1.77 bits per heavy atom. The average molecular weight is 878 g/mol. The Kier molecular flexibility index (Phi) is 17.3. The highest BCUT2D eigenvalue weighted by molar-refractivity contribution is 8.14. The Morgan fingerprint density at radius 1 is 1.09 bits per heavy atom. The summed E-state index contributed by atoms with van der Waals surface area (Å²) >= 11 is 1.06. The maximum atomic E-state index is 12.7. The predicted octanol–water partition coefficient (Wildman–Crippen LogP) is 0.411. The van der Waals surface area contributed by atoms with Crippen molar-refractivity contribution in [3.63, 3.8) is 0 Å². The van der Waals surface area contributed by atoms with E-state index in [-0.39, 0.29) is 41.6 Å². The average Bonchev–Trinajstić information content (AvgIpc) is 3.66. The molecule has 3 heterocycles. The third-order valence-electron chi connectivity index (χ3n) is 7.80. The standard InChI is InChI=1S/C28H46N7O17P3S/c1-5-6-7-16(2)27(40)56-11-10-30-18(36)8-9-31-25(39)22(38)28(3,4)13-49-55(46,47)52-54(44,45)48-12-17-21(51-53(41,42)43)20(37)26(50-17)35-15-34-19-23(29)32-14-33-24(19)35/h7,14-15,17,20-22,26,37-38H,5-6,8-13H2,1-4H3,(H,30,36)(H,31,39)(H,44,45)(H,46,47)(H2,29,32,33)(H2,41,42,43). The zero-order chi connectivity index (χ0) is 42.1. The number of allylic oxidation sites excluding steroid dienone is 1. The number of nitrogens with zero attached hydrogens (tertiary/aromatic N) is 4. The maximum absolute atomic E-state index is 12.7. The van der Waals surface area contributed by atoms with Crippen LogP contribution in [0.4, 0.5) is 5.82 Å². The van der Waals surface area contributed by atoms with Gasteiger partial charge in [-0.1, -0.05) is 45.0 Å². The van der Waals surface area contributed by atoms with E-state index < -0.39 is 84.6 Å². The van der Waals surface area contributed by atoms with Gasteiger partial charge in [-0.25, -0.2) is 28.6 Å². The molecule has 7 atom stereocenters. The molecule has 0 aliphatic carbocycles. The number of anilines is 1. The minimum absolute atomic E-state index is 0.0306. The van der Waals surface area contributed by atoms with Gasteiger partial charge in [0.25, 0.3) is 0 Å². The summed E-state index contributed by atoms with van der Waals surface area (Å²) in [5, 5.41) is 26.3. The molecule has 316 valence electrons. The fourth-order valence-electron chi connectivity index (χ4n) is 4.83. The lowest BCUT2D eigenvalue weighted by Gasteiger charge is -2.30. The summed E-state index contributed by atoms with van der Waals surface area (Å²) in [5.41, 5.74) is 4.90. The van der Waals surface area contributed by atoms with Crippen LogP contribution in [0.15, 0.2) is 24.3 Å². The van der Waals surface area contributed by atoms with E-state index in [1.165, 1.54) is 13.8 Å². The van der Waals surface area contributed by atoms with Crippen LogP contribution >= 0.6 is 35.2 Å². The number of hydrogen-bond donors (Lipinski definition) is 9. The number of nitrogens with one attached hydrogen (secondary N) is 2. The molecule has 0 saturated carbocycles. The van der Waals surface area contributed by atoms with Crippen LogP contribution in [0.1, 0.15) is 53.2 Å². The predicted molar refractivity (Wildman–Crippen MR) is 196 cm³/mol. The first-order chi connectivity index (χ1) is 26.0. The van der Waals surface area contributed by atoms with E-state index >= 15 is 0 Å². The summed E-state index contributed by atoms with van der Waals surface area (Å²) < 4.78 is 62.1. The Labute approximate surface area is 324 Å². The number of rotatable bonds is 22. The van der Waals surface area contributed by atoms with Gasteiger partial charge in [0.05, 0.1) is 19.5 Å². The van der Waals surface area contributed by atoms with Gasteiger partial charge in [-0.3, -0.25) is 32.5 Å². The molecule has 24 nitrogen and oxygen atoms in total. The number of carbonyl (C=O) groups is 3. The number of imidazole rings is 1. The van der Waals surface area contributed by atoms with E-state index in [0.29, 0.717) is 11.3 Å². The highest BCUT2D eigenvalue weighted by Gasteiger charge is 2.50. The lowest BCUT2D eigenvalue weighted by molar-refractivity contribution is -0.137. The fraction of sp³-hybridized carbons (Fsp3) is 0.643. The van der Waals surface area contributed by atoms with Crippen molar-refractivity contribution in [3.05, 3.63) is 24.3 Å². The van der Waals surface area contributed by atoms with Gasteiger partial charge in [-0.15, -0.1) is 0 Å². The van der Waals surface area contributed by atoms with Crippen LogP contribution in [0.5, 0.6) is 0 Å². The van der Waals surface area contributed by atoms with Crippen molar-refractivity contribution in [1.82, 2.24) is 30.2 Å². The summed E-state index contributed by atoms with van der Waals surface area (Å²) in [6, 6.07) is 0. The Balaban J connectivity index is 1.49. The van der Waals surface area contributed by atoms with E-state index in [9.17, 15) is 57.9 Å². The highest BCUT2D eigenvalue weighted by Crippen LogP contribution is 2.61. The van der Waals surface area contributed by atoms with Gasteiger partial charge in [0.15, 0.2) is 17.7 Å². The topological polar surface area (TPSA) is 364 Å². The molecular formula is C28H46N7O17P3S. The van der Waals surface area contributed by atoms with Crippen molar-refractivity contribution in [2.24, 2.45) is 5.41 Å². The molecule has 3 rings (SSSR count). The lowest BCUT2D eigenvalue weighted by Crippen LogP contribution is -2.46. The monoisotopic (exact) mass is 877 g/mol. The number of nitrogens with two attached hydrogens (primary N) is 1. The van der Waals surface area contributed by atoms with E-state index in [0.717, 1.165) is 41.8 Å². The van der Waals surface area contributed by atoms with Gasteiger partial charge in [0, 0.05) is 30.7 Å². The second kappa shape index (κ2) is 20.3. The lowest BCUT2D eigenvalue weighted by atomic mass is 9.87. The van der Waals surface area contributed by atoms with E-state index in [4.69, 9.17) is 19.5 Å². The first kappa shape index (κ1) is 47.7. The van der Waals surface area contributed by atoms with Crippen molar-refractivity contribution in [1.29, 1.82) is 0 Å². The van der Waals surface area contributed by atoms with Gasteiger partial charge < -0.3 is 50.9 Å². The summed E-state index contributed by atoms with van der Waals surface area (Å²) in [4.78, 5) is 87.6. The molecule has 28 heteroatoms. The largest absolute Gasteiger partial charge is 0.481 e. The molecule has 0 radical (unpaired) electrons. The number of aromatic nitrogens is 4. The smallest absolute Gasteiger partial charge is 0.386 e. The number of carbonyl (C=O) groups excluding carboxylic acids is 3. The number of fused-ring (bicyclic) bond motifs is 1. The SMILES string of the molecule is CCCC=C(C)C(=O)SCCNC(=O)CCNC(=O)C(O)C(C)(C)COP(=O)(O)OP(=O)(O)OCC1OC(n2cnc3c(N)ncnc32)C(O)C1OP(=O)(O)O. The summed E-state index contributed by atoms with van der Waals surface area (Å²) in [5.74, 6) is -1.12. The molecule has 2 aromatic rings. The molecule has 1 fully saturated rings. The van der Waals surface area contributed by atoms with Gasteiger partial charge >= 0.3 is 23.5 Å². The van der Waals surface area contributed by atoms with Crippen LogP contribution < -0.4 is 16.4 Å². The molecular weight excluding hydrogens is 831 g/mol.